The van der Waals surface area contributed by atoms with Gasteiger partial charge in [0.2, 0.25) is 11.7 Å². The number of nitro groups is 1. The van der Waals surface area contributed by atoms with Crippen LogP contribution < -0.4 is 10.6 Å². The van der Waals surface area contributed by atoms with Crippen LogP contribution in [0, 0.1) is 21.8 Å². The predicted molar refractivity (Wildman–Crippen MR) is 90.9 cm³/mol. The first-order chi connectivity index (χ1) is 11.8. The van der Waals surface area contributed by atoms with E-state index in [2.05, 4.69) is 10.6 Å². The summed E-state index contributed by atoms with van der Waals surface area (Å²) in [6.07, 6.45) is 0. The van der Waals surface area contributed by atoms with E-state index in [0.29, 0.717) is 5.69 Å². The van der Waals surface area contributed by atoms with Crippen molar-refractivity contribution in [2.75, 3.05) is 10.6 Å². The summed E-state index contributed by atoms with van der Waals surface area (Å²) < 4.78 is 13.3. The van der Waals surface area contributed by atoms with Crippen LogP contribution in [0.5, 0.6) is 0 Å². The number of nitrogens with one attached hydrogen (secondary N) is 2. The van der Waals surface area contributed by atoms with Crippen LogP contribution in [-0.2, 0) is 4.79 Å². The highest BCUT2D eigenvalue weighted by molar-refractivity contribution is 6.05. The van der Waals surface area contributed by atoms with Crippen molar-refractivity contribution in [1.82, 2.24) is 0 Å². The zero-order chi connectivity index (χ0) is 18.6. The second-order valence-corrected chi connectivity index (χ2v) is 5.60. The zero-order valence-corrected chi connectivity index (χ0v) is 13.6. The maximum absolute atomic E-state index is 13.3. The molecule has 130 valence electrons. The monoisotopic (exact) mass is 345 g/mol. The molecule has 8 heteroatoms. The molecular weight excluding hydrogens is 329 g/mol. The molecule has 0 unspecified atom stereocenters. The molecule has 0 saturated heterocycles. The molecule has 2 N–H and O–H groups in total. The van der Waals surface area contributed by atoms with Crippen LogP contribution in [0.15, 0.2) is 42.5 Å². The fourth-order valence-electron chi connectivity index (χ4n) is 1.96. The minimum atomic E-state index is -0.985. The number of halogens is 1. The largest absolute Gasteiger partial charge is 0.326 e. The van der Waals surface area contributed by atoms with E-state index in [0.717, 1.165) is 12.1 Å². The van der Waals surface area contributed by atoms with Gasteiger partial charge in [0.25, 0.3) is 5.91 Å². The van der Waals surface area contributed by atoms with Crippen molar-refractivity contribution in [1.29, 1.82) is 0 Å². The van der Waals surface area contributed by atoms with Gasteiger partial charge in [-0.1, -0.05) is 19.9 Å². The van der Waals surface area contributed by atoms with Crippen molar-refractivity contribution in [2.24, 2.45) is 5.92 Å². The molecule has 2 rings (SSSR count). The van der Waals surface area contributed by atoms with Gasteiger partial charge in [-0.15, -0.1) is 0 Å². The lowest BCUT2D eigenvalue weighted by Gasteiger charge is -2.10. The molecule has 25 heavy (non-hydrogen) atoms. The van der Waals surface area contributed by atoms with Gasteiger partial charge in [-0.25, -0.2) is 0 Å². The summed E-state index contributed by atoms with van der Waals surface area (Å²) in [6.45, 7) is 3.49. The molecule has 0 aliphatic carbocycles. The van der Waals surface area contributed by atoms with Gasteiger partial charge in [0.05, 0.1) is 4.92 Å². The molecule has 0 bridgehead atoms. The van der Waals surface area contributed by atoms with Crippen LogP contribution in [-0.4, -0.2) is 16.7 Å². The first-order valence-electron chi connectivity index (χ1n) is 7.44. The number of carbonyl (C=O) groups excluding carboxylic acids is 2. The predicted octanol–water partition coefficient (Wildman–Crippen LogP) is 3.58. The Labute approximate surface area is 143 Å². The molecule has 0 aliphatic rings. The first-order valence-corrected chi connectivity index (χ1v) is 7.44. The molecule has 0 atom stereocenters. The lowest BCUT2D eigenvalue weighted by molar-refractivity contribution is -0.387. The summed E-state index contributed by atoms with van der Waals surface area (Å²) in [6, 6.07) is 9.32. The number of amides is 2. The molecule has 2 aromatic carbocycles. The van der Waals surface area contributed by atoms with Crippen LogP contribution >= 0.6 is 0 Å². The lowest BCUT2D eigenvalue weighted by atomic mass is 10.1. The SMILES string of the molecule is CC(C)C(=O)Nc1cccc(C(=O)Nc2ccc(F)c([N+](=O)[O-])c2)c1. The third kappa shape index (κ3) is 4.60. The first kappa shape index (κ1) is 18.1. The third-order valence-corrected chi connectivity index (χ3v) is 3.32. The fourth-order valence-corrected chi connectivity index (χ4v) is 1.96. The van der Waals surface area contributed by atoms with Gasteiger partial charge in [0.1, 0.15) is 0 Å². The number of rotatable bonds is 5. The van der Waals surface area contributed by atoms with Gasteiger partial charge in [-0.2, -0.15) is 4.39 Å². The van der Waals surface area contributed by atoms with E-state index in [1.165, 1.54) is 18.2 Å². The Morgan fingerprint density at radius 2 is 1.76 bits per heavy atom. The van der Waals surface area contributed by atoms with Crippen molar-refractivity contribution >= 4 is 28.9 Å². The van der Waals surface area contributed by atoms with E-state index in [1.807, 2.05) is 0 Å². The molecule has 0 aliphatic heterocycles. The molecule has 2 amide bonds. The molecule has 0 radical (unpaired) electrons. The Balaban J connectivity index is 2.17. The molecule has 0 fully saturated rings. The number of nitrogens with zero attached hydrogens (tertiary/aromatic N) is 1. The van der Waals surface area contributed by atoms with Gasteiger partial charge in [-0.05, 0) is 30.3 Å². The summed E-state index contributed by atoms with van der Waals surface area (Å²) in [5.74, 6) is -1.92. The quantitative estimate of drug-likeness (QED) is 0.639. The van der Waals surface area contributed by atoms with E-state index in [4.69, 9.17) is 0 Å². The molecule has 0 spiro atoms. The van der Waals surface area contributed by atoms with Gasteiger partial charge >= 0.3 is 5.69 Å². The normalized spacial score (nSPS) is 10.4. The van der Waals surface area contributed by atoms with E-state index in [1.54, 1.807) is 26.0 Å². The summed E-state index contributed by atoms with van der Waals surface area (Å²) in [5, 5.41) is 15.9. The average molecular weight is 345 g/mol. The van der Waals surface area contributed by atoms with Crippen molar-refractivity contribution in [3.8, 4) is 0 Å². The van der Waals surface area contributed by atoms with Crippen molar-refractivity contribution in [3.05, 3.63) is 64.0 Å². The van der Waals surface area contributed by atoms with Gasteiger partial charge in [-0.3, -0.25) is 19.7 Å². The molecule has 2 aromatic rings. The average Bonchev–Trinajstić information content (AvgIpc) is 2.56. The number of nitro benzene ring substituents is 1. The van der Waals surface area contributed by atoms with Gasteiger partial charge in [0, 0.05) is 28.9 Å². The summed E-state index contributed by atoms with van der Waals surface area (Å²) in [5.41, 5.74) is 0.0652. The van der Waals surface area contributed by atoms with Crippen LogP contribution in [0.2, 0.25) is 0 Å². The number of hydrogen-bond donors (Lipinski definition) is 2. The summed E-state index contributed by atoms with van der Waals surface area (Å²) >= 11 is 0. The van der Waals surface area contributed by atoms with Gasteiger partial charge < -0.3 is 10.6 Å². The lowest BCUT2D eigenvalue weighted by Crippen LogP contribution is -2.18. The highest BCUT2D eigenvalue weighted by Gasteiger charge is 2.16. The Morgan fingerprint density at radius 3 is 2.40 bits per heavy atom. The van der Waals surface area contributed by atoms with Crippen LogP contribution in [0.25, 0.3) is 0 Å². The molecule has 0 heterocycles. The second kappa shape index (κ2) is 7.52. The Kier molecular flexibility index (Phi) is 5.43. The van der Waals surface area contributed by atoms with E-state index in [-0.39, 0.29) is 23.1 Å². The second-order valence-electron chi connectivity index (χ2n) is 5.60. The van der Waals surface area contributed by atoms with Gasteiger partial charge in [0.15, 0.2) is 0 Å². The van der Waals surface area contributed by atoms with Crippen LogP contribution in [0.3, 0.4) is 0 Å². The van der Waals surface area contributed by atoms with Crippen molar-refractivity contribution < 1.29 is 18.9 Å². The topological polar surface area (TPSA) is 101 Å². The van der Waals surface area contributed by atoms with Crippen LogP contribution in [0.4, 0.5) is 21.5 Å². The summed E-state index contributed by atoms with van der Waals surface area (Å²) in [7, 11) is 0. The third-order valence-electron chi connectivity index (χ3n) is 3.32. The molecule has 0 saturated carbocycles. The maximum atomic E-state index is 13.3. The van der Waals surface area contributed by atoms with Crippen molar-refractivity contribution in [3.63, 3.8) is 0 Å². The number of benzene rings is 2. The Morgan fingerprint density at radius 1 is 1.08 bits per heavy atom. The molecule has 7 nitrogen and oxygen atoms in total. The highest BCUT2D eigenvalue weighted by Crippen LogP contribution is 2.22. The van der Waals surface area contributed by atoms with E-state index >= 15 is 0 Å². The van der Waals surface area contributed by atoms with Crippen LogP contribution in [0.1, 0.15) is 24.2 Å². The highest BCUT2D eigenvalue weighted by atomic mass is 19.1. The zero-order valence-electron chi connectivity index (χ0n) is 13.6. The molecule has 0 aromatic heterocycles. The number of carbonyl (C=O) groups is 2. The molecular formula is C17H16FN3O4. The number of anilines is 2. The minimum Gasteiger partial charge on any atom is -0.326 e. The Bertz CT molecular complexity index is 836. The van der Waals surface area contributed by atoms with Crippen molar-refractivity contribution in [2.45, 2.75) is 13.8 Å². The number of hydrogen-bond acceptors (Lipinski definition) is 4. The fraction of sp³-hybridized carbons (Fsp3) is 0.176. The summed E-state index contributed by atoms with van der Waals surface area (Å²) in [4.78, 5) is 33.8. The Hall–Kier alpha value is -3.29. The standard InChI is InChI=1S/C17H16FN3O4/c1-10(2)16(22)19-12-5-3-4-11(8-12)17(23)20-13-6-7-14(18)15(9-13)21(24)25/h3-10H,1-2H3,(H,19,22)(H,20,23). The van der Waals surface area contributed by atoms with E-state index in [9.17, 15) is 24.1 Å². The smallest absolute Gasteiger partial charge is 0.306 e. The minimum absolute atomic E-state index is 0.0923. The maximum Gasteiger partial charge on any atom is 0.306 e. The van der Waals surface area contributed by atoms with E-state index < -0.39 is 22.3 Å².